The van der Waals surface area contributed by atoms with E-state index in [4.69, 9.17) is 4.74 Å². The second-order valence-corrected chi connectivity index (χ2v) is 4.03. The van der Waals surface area contributed by atoms with E-state index in [1.807, 2.05) is 0 Å². The molecule has 2 heteroatoms. The van der Waals surface area contributed by atoms with Gasteiger partial charge in [0.25, 0.3) is 0 Å². The minimum Gasteiger partial charge on any atom is -0.374 e. The van der Waals surface area contributed by atoms with Crippen molar-refractivity contribution >= 4 is 0 Å². The fourth-order valence-electron chi connectivity index (χ4n) is 1.99. The van der Waals surface area contributed by atoms with Crippen LogP contribution in [-0.2, 0) is 4.74 Å². The molecule has 2 aliphatic heterocycles. The third-order valence-electron chi connectivity index (χ3n) is 2.84. The molecule has 0 aromatic rings. The molecule has 2 saturated heterocycles. The standard InChI is InChI=1S/C9H17NO/c1-9(4-7-11-9)8-10-5-2-3-6-10/h2-8H2,1H3. The first kappa shape index (κ1) is 7.56. The Balaban J connectivity index is 1.79. The molecular formula is C9H17NO. The molecule has 64 valence electrons. The van der Waals surface area contributed by atoms with Crippen LogP contribution >= 0.6 is 0 Å². The van der Waals surface area contributed by atoms with E-state index in [1.165, 1.54) is 32.4 Å². The molecule has 0 aromatic heterocycles. The Hall–Kier alpha value is -0.0800. The van der Waals surface area contributed by atoms with Gasteiger partial charge in [-0.05, 0) is 32.9 Å². The maximum atomic E-state index is 5.54. The lowest BCUT2D eigenvalue weighted by Crippen LogP contribution is -2.49. The lowest BCUT2D eigenvalue weighted by Gasteiger charge is -2.41. The van der Waals surface area contributed by atoms with Crippen LogP contribution in [0.2, 0.25) is 0 Å². The van der Waals surface area contributed by atoms with Gasteiger partial charge in [0.05, 0.1) is 12.2 Å². The summed E-state index contributed by atoms with van der Waals surface area (Å²) in [5.41, 5.74) is 0.213. The van der Waals surface area contributed by atoms with Crippen molar-refractivity contribution in [3.63, 3.8) is 0 Å². The molecule has 0 spiro atoms. The number of rotatable bonds is 2. The van der Waals surface area contributed by atoms with Crippen LogP contribution in [0.25, 0.3) is 0 Å². The molecule has 0 radical (unpaired) electrons. The zero-order valence-electron chi connectivity index (χ0n) is 7.31. The fourth-order valence-corrected chi connectivity index (χ4v) is 1.99. The minimum absolute atomic E-state index is 0.213. The van der Waals surface area contributed by atoms with Gasteiger partial charge in [0.15, 0.2) is 0 Å². The molecule has 0 N–H and O–H groups in total. The van der Waals surface area contributed by atoms with E-state index in [9.17, 15) is 0 Å². The Morgan fingerprint density at radius 1 is 1.36 bits per heavy atom. The highest BCUT2D eigenvalue weighted by molar-refractivity contribution is 4.87. The molecular weight excluding hydrogens is 138 g/mol. The highest BCUT2D eigenvalue weighted by Gasteiger charge is 2.35. The van der Waals surface area contributed by atoms with Crippen LogP contribution in [0.15, 0.2) is 0 Å². The Morgan fingerprint density at radius 2 is 2.00 bits per heavy atom. The van der Waals surface area contributed by atoms with Crippen molar-refractivity contribution in [2.45, 2.75) is 31.8 Å². The Morgan fingerprint density at radius 3 is 2.45 bits per heavy atom. The van der Waals surface area contributed by atoms with Gasteiger partial charge in [0.1, 0.15) is 0 Å². The van der Waals surface area contributed by atoms with Gasteiger partial charge in [-0.3, -0.25) is 0 Å². The SMILES string of the molecule is CC1(CN2CCCC2)CCO1. The predicted molar refractivity (Wildman–Crippen MR) is 44.6 cm³/mol. The summed E-state index contributed by atoms with van der Waals surface area (Å²) in [4.78, 5) is 2.53. The largest absolute Gasteiger partial charge is 0.374 e. The normalized spacial score (nSPS) is 39.0. The van der Waals surface area contributed by atoms with Crippen molar-refractivity contribution in [2.75, 3.05) is 26.2 Å². The molecule has 1 atom stereocenters. The molecule has 2 aliphatic rings. The molecule has 2 heterocycles. The van der Waals surface area contributed by atoms with Crippen LogP contribution in [0.4, 0.5) is 0 Å². The Bertz CT molecular complexity index is 136. The van der Waals surface area contributed by atoms with E-state index >= 15 is 0 Å². The van der Waals surface area contributed by atoms with Crippen molar-refractivity contribution in [1.82, 2.24) is 4.90 Å². The van der Waals surface area contributed by atoms with Crippen LogP contribution in [0.1, 0.15) is 26.2 Å². The molecule has 0 aliphatic carbocycles. The monoisotopic (exact) mass is 155 g/mol. The lowest BCUT2D eigenvalue weighted by molar-refractivity contribution is -0.144. The molecule has 0 bridgehead atoms. The average molecular weight is 155 g/mol. The van der Waals surface area contributed by atoms with Crippen molar-refractivity contribution < 1.29 is 4.74 Å². The van der Waals surface area contributed by atoms with E-state index in [-0.39, 0.29) is 5.60 Å². The number of nitrogens with zero attached hydrogens (tertiary/aromatic N) is 1. The summed E-state index contributed by atoms with van der Waals surface area (Å²) in [6.45, 7) is 6.95. The second kappa shape index (κ2) is 2.76. The number of ether oxygens (including phenoxy) is 1. The van der Waals surface area contributed by atoms with Crippen molar-refractivity contribution in [3.8, 4) is 0 Å². The summed E-state index contributed by atoms with van der Waals surface area (Å²) < 4.78 is 5.54. The first-order valence-corrected chi connectivity index (χ1v) is 4.65. The first-order chi connectivity index (χ1) is 5.29. The molecule has 0 saturated carbocycles. The maximum absolute atomic E-state index is 5.54. The third-order valence-corrected chi connectivity index (χ3v) is 2.84. The first-order valence-electron chi connectivity index (χ1n) is 4.65. The van der Waals surface area contributed by atoms with Crippen LogP contribution in [0.5, 0.6) is 0 Å². The molecule has 2 fully saturated rings. The number of hydrogen-bond acceptors (Lipinski definition) is 2. The van der Waals surface area contributed by atoms with E-state index < -0.39 is 0 Å². The van der Waals surface area contributed by atoms with Crippen molar-refractivity contribution in [3.05, 3.63) is 0 Å². The van der Waals surface area contributed by atoms with Gasteiger partial charge in [-0.1, -0.05) is 0 Å². The summed E-state index contributed by atoms with van der Waals surface area (Å²) in [5, 5.41) is 0. The predicted octanol–water partition coefficient (Wildman–Crippen LogP) is 1.26. The van der Waals surface area contributed by atoms with Gasteiger partial charge in [0.2, 0.25) is 0 Å². The zero-order chi connectivity index (χ0) is 7.73. The van der Waals surface area contributed by atoms with Gasteiger partial charge < -0.3 is 9.64 Å². The second-order valence-electron chi connectivity index (χ2n) is 4.03. The molecule has 2 nitrogen and oxygen atoms in total. The quantitative estimate of drug-likeness (QED) is 0.595. The summed E-state index contributed by atoms with van der Waals surface area (Å²) in [6.07, 6.45) is 4.02. The molecule has 11 heavy (non-hydrogen) atoms. The topological polar surface area (TPSA) is 12.5 Å². The van der Waals surface area contributed by atoms with Gasteiger partial charge in [-0.2, -0.15) is 0 Å². The maximum Gasteiger partial charge on any atom is 0.0802 e. The number of hydrogen-bond donors (Lipinski definition) is 0. The zero-order valence-corrected chi connectivity index (χ0v) is 7.31. The fraction of sp³-hybridized carbons (Fsp3) is 1.00. The Kier molecular flexibility index (Phi) is 1.90. The van der Waals surface area contributed by atoms with Gasteiger partial charge in [-0.25, -0.2) is 0 Å². The summed E-state index contributed by atoms with van der Waals surface area (Å²) >= 11 is 0. The Labute approximate surface area is 68.5 Å². The van der Waals surface area contributed by atoms with E-state index in [1.54, 1.807) is 0 Å². The number of likely N-dealkylation sites (tertiary alicyclic amines) is 1. The molecule has 2 rings (SSSR count). The summed E-state index contributed by atoms with van der Waals surface area (Å²) in [6, 6.07) is 0. The highest BCUT2D eigenvalue weighted by atomic mass is 16.5. The third kappa shape index (κ3) is 1.57. The van der Waals surface area contributed by atoms with Crippen LogP contribution in [0, 0.1) is 0 Å². The van der Waals surface area contributed by atoms with Gasteiger partial charge >= 0.3 is 0 Å². The summed E-state index contributed by atoms with van der Waals surface area (Å²) in [5.74, 6) is 0. The smallest absolute Gasteiger partial charge is 0.0802 e. The van der Waals surface area contributed by atoms with E-state index in [2.05, 4.69) is 11.8 Å². The minimum atomic E-state index is 0.213. The van der Waals surface area contributed by atoms with Crippen LogP contribution in [-0.4, -0.2) is 36.7 Å². The molecule has 1 unspecified atom stereocenters. The van der Waals surface area contributed by atoms with Crippen molar-refractivity contribution in [2.24, 2.45) is 0 Å². The van der Waals surface area contributed by atoms with Crippen molar-refractivity contribution in [1.29, 1.82) is 0 Å². The van der Waals surface area contributed by atoms with Crippen LogP contribution < -0.4 is 0 Å². The molecule has 0 aromatic carbocycles. The van der Waals surface area contributed by atoms with Gasteiger partial charge in [0, 0.05) is 13.0 Å². The van der Waals surface area contributed by atoms with Crippen LogP contribution in [0.3, 0.4) is 0 Å². The van der Waals surface area contributed by atoms with E-state index in [0.717, 1.165) is 13.2 Å². The van der Waals surface area contributed by atoms with E-state index in [0.29, 0.717) is 0 Å². The lowest BCUT2D eigenvalue weighted by atomic mass is 9.97. The van der Waals surface area contributed by atoms with Gasteiger partial charge in [-0.15, -0.1) is 0 Å². The highest BCUT2D eigenvalue weighted by Crippen LogP contribution is 2.27. The average Bonchev–Trinajstić information content (AvgIpc) is 2.36. The molecule has 0 amide bonds. The summed E-state index contributed by atoms with van der Waals surface area (Å²) in [7, 11) is 0.